The van der Waals surface area contributed by atoms with E-state index in [-0.39, 0.29) is 29.9 Å². The Hall–Kier alpha value is -6.63. The van der Waals surface area contributed by atoms with Gasteiger partial charge in [0, 0.05) is 24.2 Å². The molecule has 294 valence electrons. The van der Waals surface area contributed by atoms with Gasteiger partial charge in [-0.2, -0.15) is 0 Å². The molecule has 5 heterocycles. The normalized spacial score (nSPS) is 18.8. The molecule has 0 radical (unpaired) electrons. The van der Waals surface area contributed by atoms with Crippen molar-refractivity contribution in [3.8, 4) is 23.7 Å². The average Bonchev–Trinajstić information content (AvgIpc) is 4.12. The highest BCUT2D eigenvalue weighted by Gasteiger charge is 2.40. The smallest absolute Gasteiger partial charge is 0.407 e. The zero-order valence-corrected chi connectivity index (χ0v) is 32.5. The summed E-state index contributed by atoms with van der Waals surface area (Å²) in [6.45, 7) is 3.13. The number of imidazole rings is 2. The van der Waals surface area contributed by atoms with Crippen molar-refractivity contribution in [1.29, 1.82) is 0 Å². The second-order valence-corrected chi connectivity index (χ2v) is 14.9. The number of carbonyl (C=O) groups excluding carboxylic acids is 3. The molecule has 3 N–H and O–H groups in total. The number of hydrogen-bond acceptors (Lipinski definition) is 7. The summed E-state index contributed by atoms with van der Waals surface area (Å²) in [4.78, 5) is 62.2. The quantitative estimate of drug-likeness (QED) is 0.160. The van der Waals surface area contributed by atoms with E-state index in [0.29, 0.717) is 35.9 Å². The van der Waals surface area contributed by atoms with E-state index in [9.17, 15) is 14.4 Å². The number of amides is 3. The van der Waals surface area contributed by atoms with Crippen LogP contribution in [0.5, 0.6) is 0 Å². The summed E-state index contributed by atoms with van der Waals surface area (Å²) in [6, 6.07) is 25.5. The Kier molecular flexibility index (Phi) is 11.6. The molecular weight excluding hydrogens is 729 g/mol. The van der Waals surface area contributed by atoms with Crippen molar-refractivity contribution in [1.82, 2.24) is 40.0 Å². The molecule has 4 atom stereocenters. The van der Waals surface area contributed by atoms with Crippen LogP contribution >= 0.6 is 0 Å². The minimum atomic E-state index is -0.883. The lowest BCUT2D eigenvalue weighted by Gasteiger charge is -2.33. The number of hydrogen-bond donors (Lipinski definition) is 3. The highest BCUT2D eigenvalue weighted by atomic mass is 16.5. The molecule has 12 heteroatoms. The fourth-order valence-corrected chi connectivity index (χ4v) is 8.26. The Bertz CT molecular complexity index is 2350. The summed E-state index contributed by atoms with van der Waals surface area (Å²) in [5, 5.41) is 2.70. The van der Waals surface area contributed by atoms with Gasteiger partial charge in [-0.25, -0.2) is 14.8 Å². The monoisotopic (exact) mass is 774 g/mol. The van der Waals surface area contributed by atoms with E-state index in [1.54, 1.807) is 17.3 Å². The van der Waals surface area contributed by atoms with E-state index in [2.05, 4.69) is 66.0 Å². The van der Waals surface area contributed by atoms with Crippen LogP contribution in [0.25, 0.3) is 0 Å². The van der Waals surface area contributed by atoms with Gasteiger partial charge >= 0.3 is 6.09 Å². The molecule has 3 aliphatic heterocycles. The van der Waals surface area contributed by atoms with E-state index in [1.807, 2.05) is 77.7 Å². The van der Waals surface area contributed by atoms with Crippen molar-refractivity contribution in [3.63, 3.8) is 0 Å². The van der Waals surface area contributed by atoms with Gasteiger partial charge in [0.05, 0.1) is 31.6 Å². The number of likely N-dealkylation sites (tertiary alicyclic amines) is 3. The Morgan fingerprint density at radius 3 is 1.67 bits per heavy atom. The predicted molar refractivity (Wildman–Crippen MR) is 218 cm³/mol. The SMILES string of the molecule is COC(=O)N[C@@H](C(=O)N1CCC[C@H]1c1ncc(C#Cc2ccc(C#Cc3cnc([C@@H]4CCCN4C(=O)[C@@H](c4ccccc4)N4CCCC4)[nH]3)cc2)[nH]1)c1ccccc1. The van der Waals surface area contributed by atoms with Gasteiger partial charge in [0.1, 0.15) is 35.1 Å². The summed E-state index contributed by atoms with van der Waals surface area (Å²) in [5.41, 5.74) is 4.70. The van der Waals surface area contributed by atoms with Crippen LogP contribution in [-0.4, -0.2) is 85.8 Å². The first-order valence-electron chi connectivity index (χ1n) is 20.0. The maximum Gasteiger partial charge on any atom is 0.407 e. The number of benzene rings is 3. The maximum absolute atomic E-state index is 14.1. The van der Waals surface area contributed by atoms with Crippen molar-refractivity contribution in [2.45, 2.75) is 62.7 Å². The minimum absolute atomic E-state index is 0.109. The first-order valence-corrected chi connectivity index (χ1v) is 20.0. The number of aromatic nitrogens is 4. The van der Waals surface area contributed by atoms with Gasteiger partial charge in [0.2, 0.25) is 5.91 Å². The summed E-state index contributed by atoms with van der Waals surface area (Å²) in [7, 11) is 1.28. The van der Waals surface area contributed by atoms with Gasteiger partial charge in [-0.1, -0.05) is 72.5 Å². The molecule has 0 saturated carbocycles. The Labute approximate surface area is 338 Å². The van der Waals surface area contributed by atoms with E-state index < -0.39 is 12.1 Å². The largest absolute Gasteiger partial charge is 0.453 e. The van der Waals surface area contributed by atoms with Crippen molar-refractivity contribution in [3.05, 3.63) is 143 Å². The third-order valence-electron chi connectivity index (χ3n) is 11.1. The summed E-state index contributed by atoms with van der Waals surface area (Å²) < 4.78 is 4.81. The molecule has 3 aliphatic rings. The maximum atomic E-state index is 14.1. The van der Waals surface area contributed by atoms with Gasteiger partial charge in [-0.3, -0.25) is 14.5 Å². The minimum Gasteiger partial charge on any atom is -0.453 e. The van der Waals surface area contributed by atoms with Crippen LogP contribution in [0, 0.1) is 23.7 Å². The number of methoxy groups -OCH3 is 1. The molecule has 0 bridgehead atoms. The fraction of sp³-hybridized carbons (Fsp3) is 0.326. The van der Waals surface area contributed by atoms with Gasteiger partial charge in [-0.05, 0) is 98.8 Å². The van der Waals surface area contributed by atoms with Crippen molar-refractivity contribution < 1.29 is 19.1 Å². The molecule has 5 aromatic rings. The topological polar surface area (TPSA) is 140 Å². The first kappa shape index (κ1) is 38.3. The molecule has 2 aromatic heterocycles. The molecular formula is C46H46N8O4. The van der Waals surface area contributed by atoms with Gasteiger partial charge in [-0.15, -0.1) is 0 Å². The number of aromatic amines is 2. The summed E-state index contributed by atoms with van der Waals surface area (Å²) >= 11 is 0. The summed E-state index contributed by atoms with van der Waals surface area (Å²) in [5.74, 6) is 14.1. The van der Waals surface area contributed by atoms with Gasteiger partial charge in [0.15, 0.2) is 0 Å². The number of H-pyrrole nitrogens is 2. The second kappa shape index (κ2) is 17.7. The molecule has 3 aromatic carbocycles. The lowest BCUT2D eigenvalue weighted by atomic mass is 10.0. The molecule has 8 rings (SSSR count). The molecule has 3 amide bonds. The lowest BCUT2D eigenvalue weighted by Crippen LogP contribution is -2.42. The van der Waals surface area contributed by atoms with Crippen molar-refractivity contribution in [2.24, 2.45) is 0 Å². The van der Waals surface area contributed by atoms with E-state index >= 15 is 0 Å². The van der Waals surface area contributed by atoms with Crippen LogP contribution < -0.4 is 5.32 Å². The van der Waals surface area contributed by atoms with E-state index in [1.165, 1.54) is 7.11 Å². The summed E-state index contributed by atoms with van der Waals surface area (Å²) in [6.07, 6.45) is 8.33. The molecule has 3 saturated heterocycles. The Morgan fingerprint density at radius 2 is 1.16 bits per heavy atom. The highest BCUT2D eigenvalue weighted by Crippen LogP contribution is 2.36. The Morgan fingerprint density at radius 1 is 0.655 bits per heavy atom. The van der Waals surface area contributed by atoms with Crippen LogP contribution in [0.1, 0.15) is 108 Å². The molecule has 0 unspecified atom stereocenters. The number of ether oxygens (including phenoxy) is 1. The standard InChI is InChI=1S/C46H46N8O4/c1-58-46(57)51-40(34-12-4-2-5-13-34)44(55)53-28-10-16-38(53)42-47-30-36(49-42)24-22-32-18-20-33(21-19-32)23-25-37-31-48-43(50-37)39-17-11-29-54(39)45(56)41(52-26-8-9-27-52)35-14-6-3-7-15-35/h2-7,12-15,18-21,30-31,38-41H,8-11,16-17,26-29H2,1H3,(H,47,49)(H,48,50)(H,51,57)/t38-,39-,40+,41+/m0/s1. The lowest BCUT2D eigenvalue weighted by molar-refractivity contribution is -0.138. The number of nitrogens with one attached hydrogen (secondary N) is 3. The molecule has 3 fully saturated rings. The van der Waals surface area contributed by atoms with Gasteiger partial charge < -0.3 is 29.8 Å². The van der Waals surface area contributed by atoms with Crippen LogP contribution in [0.4, 0.5) is 4.79 Å². The number of rotatable bonds is 8. The van der Waals surface area contributed by atoms with Crippen molar-refractivity contribution >= 4 is 17.9 Å². The van der Waals surface area contributed by atoms with E-state index in [4.69, 9.17) is 4.74 Å². The fourth-order valence-electron chi connectivity index (χ4n) is 8.26. The number of nitrogens with zero attached hydrogens (tertiary/aromatic N) is 5. The molecule has 0 aliphatic carbocycles. The van der Waals surface area contributed by atoms with Crippen LogP contribution in [-0.2, 0) is 14.3 Å². The van der Waals surface area contributed by atoms with Crippen LogP contribution in [0.2, 0.25) is 0 Å². The third-order valence-corrected chi connectivity index (χ3v) is 11.1. The number of alkyl carbamates (subject to hydrolysis) is 1. The van der Waals surface area contributed by atoms with Crippen LogP contribution in [0.3, 0.4) is 0 Å². The number of carbonyl (C=O) groups is 3. The predicted octanol–water partition coefficient (Wildman–Crippen LogP) is 6.19. The zero-order chi connectivity index (χ0) is 39.8. The van der Waals surface area contributed by atoms with E-state index in [0.717, 1.165) is 74.1 Å². The van der Waals surface area contributed by atoms with Crippen molar-refractivity contribution in [2.75, 3.05) is 33.3 Å². The second-order valence-electron chi connectivity index (χ2n) is 14.9. The Balaban J connectivity index is 0.901. The first-order chi connectivity index (χ1) is 28.4. The third kappa shape index (κ3) is 8.53. The molecule has 58 heavy (non-hydrogen) atoms. The zero-order valence-electron chi connectivity index (χ0n) is 32.5. The average molecular weight is 775 g/mol. The highest BCUT2D eigenvalue weighted by molar-refractivity contribution is 5.87. The molecule has 12 nitrogen and oxygen atoms in total. The van der Waals surface area contributed by atoms with Gasteiger partial charge in [0.25, 0.3) is 5.91 Å². The molecule has 0 spiro atoms. The van der Waals surface area contributed by atoms with Crippen LogP contribution in [0.15, 0.2) is 97.3 Å².